The average Bonchev–Trinajstić information content (AvgIpc) is 1.93. The topological polar surface area (TPSA) is 0 Å². The Balaban J connectivity index is 0.000000187. The summed E-state index contributed by atoms with van der Waals surface area (Å²) in [5.74, 6) is 4.42. The van der Waals surface area contributed by atoms with Gasteiger partial charge in [0.2, 0.25) is 0 Å². The van der Waals surface area contributed by atoms with Crippen molar-refractivity contribution < 1.29 is 0 Å². The molecule has 0 fully saturated rings. The van der Waals surface area contributed by atoms with Crippen LogP contribution >= 0.6 is 0 Å². The highest BCUT2D eigenvalue weighted by Gasteiger charge is 1.57. The Morgan fingerprint density at radius 3 is 0.889 bits per heavy atom. The lowest BCUT2D eigenvalue weighted by Gasteiger charge is -1.69. The largest absolute Gasteiger partial charge is 0.191 e. The molecule has 0 N–H and O–H groups in total. The summed E-state index contributed by atoms with van der Waals surface area (Å²) in [6, 6.07) is 12.0. The van der Waals surface area contributed by atoms with Gasteiger partial charge in [-0.1, -0.05) is 36.4 Å². The van der Waals surface area contributed by atoms with Crippen LogP contribution in [0.25, 0.3) is 0 Å². The second-order valence-electron chi connectivity index (χ2n) is 1.73. The molecule has 47 valence electrons. The van der Waals surface area contributed by atoms with Crippen molar-refractivity contribution in [2.24, 2.45) is 0 Å². The molecule has 0 aliphatic carbocycles. The molecule has 0 saturated heterocycles. The van der Waals surface area contributed by atoms with Crippen LogP contribution in [0.2, 0.25) is 11.6 Å². The van der Waals surface area contributed by atoms with Crippen molar-refractivity contribution >= 4 is 15.2 Å². The van der Waals surface area contributed by atoms with Crippen molar-refractivity contribution in [2.45, 2.75) is 11.6 Å². The van der Waals surface area contributed by atoms with E-state index in [9.17, 15) is 0 Å². The van der Waals surface area contributed by atoms with Crippen molar-refractivity contribution in [3.05, 3.63) is 36.4 Å². The molecule has 0 atom stereocenters. The minimum atomic E-state index is 0.750. The van der Waals surface area contributed by atoms with E-state index in [0.29, 0.717) is 0 Å². The normalized spacial score (nSPS) is 6.89. The zero-order chi connectivity index (χ0) is 6.95. The first-order valence-corrected chi connectivity index (χ1v) is 5.46. The summed E-state index contributed by atoms with van der Waals surface area (Å²) < 4.78 is 0. The van der Waals surface area contributed by atoms with Gasteiger partial charge in [0.1, 0.15) is 0 Å². The van der Waals surface area contributed by atoms with Gasteiger partial charge in [0, 0.05) is 0 Å². The molecule has 9 heavy (non-hydrogen) atoms. The summed E-state index contributed by atoms with van der Waals surface area (Å²) in [4.78, 5) is 0. The van der Waals surface area contributed by atoms with Crippen molar-refractivity contribution in [2.75, 3.05) is 0 Å². The van der Waals surface area contributed by atoms with Gasteiger partial charge in [-0.3, -0.25) is 0 Å². The van der Waals surface area contributed by atoms with Crippen molar-refractivity contribution in [3.63, 3.8) is 0 Å². The highest BCUT2D eigenvalue weighted by Crippen LogP contribution is 1.79. The van der Waals surface area contributed by atoms with Crippen LogP contribution in [-0.4, -0.2) is 15.2 Å². The van der Waals surface area contributed by atoms with E-state index in [2.05, 4.69) is 11.6 Å². The van der Waals surface area contributed by atoms with Crippen molar-refractivity contribution in [1.82, 2.24) is 0 Å². The van der Waals surface area contributed by atoms with E-state index >= 15 is 0 Å². The maximum absolute atomic E-state index is 2.21. The van der Waals surface area contributed by atoms with Gasteiger partial charge in [-0.2, -0.15) is 0 Å². The molecule has 0 aliphatic heterocycles. The Labute approximate surface area is 63.6 Å². The summed E-state index contributed by atoms with van der Waals surface area (Å²) in [7, 11) is 0. The molecule has 0 aliphatic rings. The van der Waals surface area contributed by atoms with E-state index in [-0.39, 0.29) is 0 Å². The van der Waals surface area contributed by atoms with Gasteiger partial charge in [-0.25, -0.2) is 0 Å². The number of rotatable bonds is 0. The van der Waals surface area contributed by atoms with Gasteiger partial charge in [0.15, 0.2) is 15.2 Å². The summed E-state index contributed by atoms with van der Waals surface area (Å²) in [6.07, 6.45) is 0. The third kappa shape index (κ3) is 7.75. The summed E-state index contributed by atoms with van der Waals surface area (Å²) in [5.41, 5.74) is 0. The lowest BCUT2D eigenvalue weighted by Crippen LogP contribution is -1.53. The van der Waals surface area contributed by atoms with Crippen molar-refractivity contribution in [3.8, 4) is 0 Å². The molecule has 0 nitrogen and oxygen atoms in total. The Bertz CT molecular complexity index is 87.4. The lowest BCUT2D eigenvalue weighted by atomic mass is 10.4. The van der Waals surface area contributed by atoms with E-state index in [1.54, 1.807) is 0 Å². The minimum Gasteiger partial charge on any atom is -0.115 e. The number of hydrogen-bond acceptors (Lipinski definition) is 0. The van der Waals surface area contributed by atoms with Gasteiger partial charge in [0.25, 0.3) is 0 Å². The van der Waals surface area contributed by atoms with Gasteiger partial charge in [0.05, 0.1) is 0 Å². The summed E-state index contributed by atoms with van der Waals surface area (Å²) in [5, 5.41) is 0. The fourth-order valence-electron chi connectivity index (χ4n) is 0.385. The monoisotopic (exact) mass is 135 g/mol. The van der Waals surface area contributed by atoms with Crippen LogP contribution in [0.1, 0.15) is 0 Å². The average molecular weight is 135 g/mol. The van der Waals surface area contributed by atoms with E-state index in [1.807, 2.05) is 36.4 Å². The predicted octanol–water partition coefficient (Wildman–Crippen LogP) is 2.47. The fourth-order valence-corrected chi connectivity index (χ4v) is 0.385. The molecule has 0 aromatic heterocycles. The van der Waals surface area contributed by atoms with Crippen molar-refractivity contribution in [1.29, 1.82) is 0 Å². The first-order chi connectivity index (χ1) is 4.41. The van der Waals surface area contributed by atoms with Gasteiger partial charge >= 0.3 is 0 Å². The highest BCUT2D eigenvalue weighted by molar-refractivity contribution is 6.31. The van der Waals surface area contributed by atoms with Crippen LogP contribution in [0.4, 0.5) is 0 Å². The Morgan fingerprint density at radius 2 is 0.778 bits per heavy atom. The molecular formula is C8H12Al. The minimum absolute atomic E-state index is 0.750. The van der Waals surface area contributed by atoms with Crippen LogP contribution in [-0.2, 0) is 0 Å². The van der Waals surface area contributed by atoms with Crippen LogP contribution in [0.15, 0.2) is 36.4 Å². The number of hydrogen-bond donors (Lipinski definition) is 0. The first-order valence-electron chi connectivity index (χ1n) is 3.15. The Morgan fingerprint density at radius 1 is 0.667 bits per heavy atom. The molecule has 1 rings (SSSR count). The first kappa shape index (κ1) is 8.75. The van der Waals surface area contributed by atoms with E-state index in [0.717, 1.165) is 15.2 Å². The molecule has 1 aromatic carbocycles. The van der Waals surface area contributed by atoms with Crippen LogP contribution < -0.4 is 0 Å². The Kier molecular flexibility index (Phi) is 7.54. The molecular weight excluding hydrogens is 123 g/mol. The molecule has 0 spiro atoms. The lowest BCUT2D eigenvalue weighted by molar-refractivity contribution is 1.72. The maximum atomic E-state index is 2.21. The molecule has 1 heteroatoms. The third-order valence-electron chi connectivity index (χ3n) is 0.667. The standard InChI is InChI=1S/C6H6.2CH3.Al/c1-2-4-6-5-3-1;;;/h1-6H;2*1H3;. The van der Waals surface area contributed by atoms with Crippen LogP contribution in [0.5, 0.6) is 0 Å². The molecule has 0 amide bonds. The fraction of sp³-hybridized carbons (Fsp3) is 0.250. The molecule has 1 radical (unpaired) electrons. The number of benzene rings is 1. The van der Waals surface area contributed by atoms with E-state index in [1.165, 1.54) is 0 Å². The molecule has 0 heterocycles. The summed E-state index contributed by atoms with van der Waals surface area (Å²) >= 11 is 0.750. The zero-order valence-electron chi connectivity index (χ0n) is 6.04. The van der Waals surface area contributed by atoms with E-state index < -0.39 is 0 Å². The summed E-state index contributed by atoms with van der Waals surface area (Å²) in [6.45, 7) is 0. The van der Waals surface area contributed by atoms with Crippen LogP contribution in [0.3, 0.4) is 0 Å². The maximum Gasteiger partial charge on any atom is 0.191 e. The zero-order valence-corrected chi connectivity index (χ0v) is 7.20. The van der Waals surface area contributed by atoms with Gasteiger partial charge < -0.3 is 0 Å². The molecule has 0 saturated carbocycles. The second kappa shape index (κ2) is 7.75. The van der Waals surface area contributed by atoms with Crippen LogP contribution in [0, 0.1) is 0 Å². The quantitative estimate of drug-likeness (QED) is 0.479. The Hall–Kier alpha value is -0.248. The second-order valence-corrected chi connectivity index (χ2v) is 2.89. The smallest absolute Gasteiger partial charge is 0.115 e. The van der Waals surface area contributed by atoms with Gasteiger partial charge in [-0.05, 0) is 0 Å². The highest BCUT2D eigenvalue weighted by atomic mass is 27.1. The van der Waals surface area contributed by atoms with Gasteiger partial charge in [-0.15, -0.1) is 11.6 Å². The molecule has 0 bridgehead atoms. The molecule has 0 unspecified atom stereocenters. The molecule has 1 aromatic rings. The third-order valence-corrected chi connectivity index (χ3v) is 0.667. The van der Waals surface area contributed by atoms with E-state index in [4.69, 9.17) is 0 Å². The SMILES string of the molecule is [CH3][Al][CH3].c1ccccc1. The predicted molar refractivity (Wildman–Crippen MR) is 43.9 cm³/mol.